The van der Waals surface area contributed by atoms with Gasteiger partial charge >= 0.3 is 12.0 Å². The van der Waals surface area contributed by atoms with Gasteiger partial charge in [0, 0.05) is 24.3 Å². The molecule has 2 amide bonds. The van der Waals surface area contributed by atoms with Crippen molar-refractivity contribution in [1.82, 2.24) is 4.57 Å². The summed E-state index contributed by atoms with van der Waals surface area (Å²) in [4.78, 5) is 25.4. The zero-order valence-corrected chi connectivity index (χ0v) is 14.7. The second-order valence-electron chi connectivity index (χ2n) is 6.24. The maximum Gasteiger partial charge on any atom is 0.350 e. The van der Waals surface area contributed by atoms with Crippen molar-refractivity contribution < 1.29 is 14.3 Å². The number of amides is 2. The fraction of sp³-hybridized carbons (Fsp3) is 0.375. The first-order valence-electron chi connectivity index (χ1n) is 7.13. The van der Waals surface area contributed by atoms with Crippen LogP contribution in [-0.2, 0) is 17.2 Å². The first kappa shape index (κ1) is 17.1. The normalized spacial score (nSPS) is 11.2. The number of nitrogens with zero attached hydrogens (tertiary/aromatic N) is 1. The van der Waals surface area contributed by atoms with E-state index in [-0.39, 0.29) is 5.41 Å². The number of urea groups is 1. The number of hydrogen-bond acceptors (Lipinski definition) is 4. The summed E-state index contributed by atoms with van der Waals surface area (Å²) in [6.07, 6.45) is 3.62. The standard InChI is InChI=1S/C16H21N3O3S/c1-16(2,3)12-8-11(13(23-12)14(20)22-5)18-15(21)17-10-6-7-19(4)9-10/h6-9H,1-5H3,(H2,17,18,21). The highest BCUT2D eigenvalue weighted by molar-refractivity contribution is 7.14. The number of aryl methyl sites for hydroxylation is 1. The van der Waals surface area contributed by atoms with Crippen LogP contribution in [0.5, 0.6) is 0 Å². The van der Waals surface area contributed by atoms with Crippen LogP contribution in [0.15, 0.2) is 24.5 Å². The number of methoxy groups -OCH3 is 1. The summed E-state index contributed by atoms with van der Waals surface area (Å²) in [5.74, 6) is -0.458. The van der Waals surface area contributed by atoms with Gasteiger partial charge in [0.05, 0.1) is 18.5 Å². The van der Waals surface area contributed by atoms with Crippen LogP contribution in [0.2, 0.25) is 0 Å². The lowest BCUT2D eigenvalue weighted by Crippen LogP contribution is -2.20. The molecule has 0 aliphatic carbocycles. The number of hydrogen-bond donors (Lipinski definition) is 2. The number of carbonyl (C=O) groups is 2. The van der Waals surface area contributed by atoms with E-state index in [2.05, 4.69) is 10.6 Å². The molecule has 0 atom stereocenters. The summed E-state index contributed by atoms with van der Waals surface area (Å²) in [6, 6.07) is 3.20. The van der Waals surface area contributed by atoms with Gasteiger partial charge in [-0.25, -0.2) is 9.59 Å². The predicted octanol–water partition coefficient (Wildman–Crippen LogP) is 3.81. The predicted molar refractivity (Wildman–Crippen MR) is 92.4 cm³/mol. The molecule has 0 fully saturated rings. The van der Waals surface area contributed by atoms with E-state index in [0.717, 1.165) is 4.88 Å². The molecule has 0 unspecified atom stereocenters. The molecule has 2 aromatic heterocycles. The number of thiophene rings is 1. The number of rotatable bonds is 3. The number of aromatic nitrogens is 1. The van der Waals surface area contributed by atoms with E-state index in [9.17, 15) is 9.59 Å². The number of carbonyl (C=O) groups excluding carboxylic acids is 2. The molecular formula is C16H21N3O3S. The lowest BCUT2D eigenvalue weighted by Gasteiger charge is -2.15. The maximum atomic E-state index is 12.1. The largest absolute Gasteiger partial charge is 0.465 e. The van der Waals surface area contributed by atoms with E-state index in [1.165, 1.54) is 18.4 Å². The summed E-state index contributed by atoms with van der Waals surface area (Å²) in [6.45, 7) is 6.15. The molecule has 2 heterocycles. The maximum absolute atomic E-state index is 12.1. The summed E-state index contributed by atoms with van der Waals surface area (Å²) in [7, 11) is 3.19. The Balaban J connectivity index is 2.21. The van der Waals surface area contributed by atoms with Crippen molar-refractivity contribution in [3.05, 3.63) is 34.3 Å². The number of ether oxygens (including phenoxy) is 1. The Morgan fingerprint density at radius 3 is 2.48 bits per heavy atom. The highest BCUT2D eigenvalue weighted by atomic mass is 32.1. The Morgan fingerprint density at radius 1 is 1.26 bits per heavy atom. The zero-order valence-electron chi connectivity index (χ0n) is 13.9. The van der Waals surface area contributed by atoms with Crippen LogP contribution in [0, 0.1) is 0 Å². The van der Waals surface area contributed by atoms with E-state index >= 15 is 0 Å². The van der Waals surface area contributed by atoms with Crippen molar-refractivity contribution in [3.8, 4) is 0 Å². The van der Waals surface area contributed by atoms with Gasteiger partial charge in [0.25, 0.3) is 0 Å². The summed E-state index contributed by atoms with van der Waals surface area (Å²) in [5.41, 5.74) is 1.01. The Bertz CT molecular complexity index is 725. The van der Waals surface area contributed by atoms with Crippen LogP contribution in [-0.4, -0.2) is 23.7 Å². The van der Waals surface area contributed by atoms with Crippen molar-refractivity contribution in [3.63, 3.8) is 0 Å². The summed E-state index contributed by atoms with van der Waals surface area (Å²) < 4.78 is 6.63. The van der Waals surface area contributed by atoms with Gasteiger partial charge in [-0.05, 0) is 17.5 Å². The van der Waals surface area contributed by atoms with Gasteiger partial charge in [0.1, 0.15) is 4.88 Å². The molecule has 7 heteroatoms. The van der Waals surface area contributed by atoms with Crippen molar-refractivity contribution in [2.24, 2.45) is 7.05 Å². The minimum atomic E-state index is -0.458. The molecule has 0 spiro atoms. The average Bonchev–Trinajstić information content (AvgIpc) is 3.04. The van der Waals surface area contributed by atoms with Crippen LogP contribution in [0.4, 0.5) is 16.2 Å². The highest BCUT2D eigenvalue weighted by Gasteiger charge is 2.24. The quantitative estimate of drug-likeness (QED) is 0.838. The van der Waals surface area contributed by atoms with Crippen LogP contribution in [0.25, 0.3) is 0 Å². The third-order valence-corrected chi connectivity index (χ3v) is 4.72. The molecule has 23 heavy (non-hydrogen) atoms. The lowest BCUT2D eigenvalue weighted by molar-refractivity contribution is 0.0607. The SMILES string of the molecule is COC(=O)c1sc(C(C)(C)C)cc1NC(=O)Nc1ccn(C)c1. The Morgan fingerprint density at radius 2 is 1.96 bits per heavy atom. The Kier molecular flexibility index (Phi) is 4.79. The molecule has 0 radical (unpaired) electrons. The molecule has 0 bridgehead atoms. The Hall–Kier alpha value is -2.28. The number of esters is 1. The molecular weight excluding hydrogens is 314 g/mol. The molecule has 2 N–H and O–H groups in total. The van der Waals surface area contributed by atoms with Crippen LogP contribution in [0.1, 0.15) is 35.3 Å². The van der Waals surface area contributed by atoms with Crippen molar-refractivity contribution >= 4 is 34.7 Å². The molecule has 2 rings (SSSR count). The highest BCUT2D eigenvalue weighted by Crippen LogP contribution is 2.35. The third kappa shape index (κ3) is 4.13. The fourth-order valence-electron chi connectivity index (χ4n) is 1.96. The van der Waals surface area contributed by atoms with Crippen molar-refractivity contribution in [2.75, 3.05) is 17.7 Å². The number of nitrogens with one attached hydrogen (secondary N) is 2. The summed E-state index contributed by atoms with van der Waals surface area (Å²) >= 11 is 1.33. The molecule has 0 aromatic carbocycles. The van der Waals surface area contributed by atoms with Gasteiger partial charge in [-0.15, -0.1) is 11.3 Å². The van der Waals surface area contributed by atoms with Gasteiger partial charge < -0.3 is 19.9 Å². The van der Waals surface area contributed by atoms with Gasteiger partial charge in [-0.3, -0.25) is 0 Å². The van der Waals surface area contributed by atoms with Crippen LogP contribution in [0.3, 0.4) is 0 Å². The second kappa shape index (κ2) is 6.45. The van der Waals surface area contributed by atoms with Crippen LogP contribution < -0.4 is 10.6 Å². The van der Waals surface area contributed by atoms with E-state index < -0.39 is 12.0 Å². The van der Waals surface area contributed by atoms with Crippen LogP contribution >= 0.6 is 11.3 Å². The fourth-order valence-corrected chi connectivity index (χ4v) is 3.05. The summed E-state index contributed by atoms with van der Waals surface area (Å²) in [5, 5.41) is 5.45. The minimum absolute atomic E-state index is 0.122. The lowest BCUT2D eigenvalue weighted by atomic mass is 9.94. The van der Waals surface area contributed by atoms with Gasteiger partial charge in [0.2, 0.25) is 0 Å². The second-order valence-corrected chi connectivity index (χ2v) is 7.29. The van der Waals surface area contributed by atoms with E-state index in [1.54, 1.807) is 12.3 Å². The van der Waals surface area contributed by atoms with Gasteiger partial charge in [-0.1, -0.05) is 20.8 Å². The average molecular weight is 335 g/mol. The first-order valence-corrected chi connectivity index (χ1v) is 7.95. The number of anilines is 2. The third-order valence-electron chi connectivity index (χ3n) is 3.18. The van der Waals surface area contributed by atoms with Gasteiger partial charge in [-0.2, -0.15) is 0 Å². The molecule has 0 saturated heterocycles. The molecule has 0 saturated carbocycles. The minimum Gasteiger partial charge on any atom is -0.465 e. The zero-order chi connectivity index (χ0) is 17.2. The molecule has 2 aromatic rings. The molecule has 124 valence electrons. The van der Waals surface area contributed by atoms with E-state index in [1.807, 2.05) is 44.6 Å². The molecule has 0 aliphatic heterocycles. The topological polar surface area (TPSA) is 72.4 Å². The molecule has 0 aliphatic rings. The van der Waals surface area contributed by atoms with E-state index in [0.29, 0.717) is 16.3 Å². The first-order chi connectivity index (χ1) is 10.7. The monoisotopic (exact) mass is 335 g/mol. The smallest absolute Gasteiger partial charge is 0.350 e. The van der Waals surface area contributed by atoms with Gasteiger partial charge in [0.15, 0.2) is 0 Å². The Labute approximate surface area is 139 Å². The van der Waals surface area contributed by atoms with Crippen molar-refractivity contribution in [1.29, 1.82) is 0 Å². The molecule has 6 nitrogen and oxygen atoms in total. The van der Waals surface area contributed by atoms with Crippen molar-refractivity contribution in [2.45, 2.75) is 26.2 Å². The van der Waals surface area contributed by atoms with E-state index in [4.69, 9.17) is 4.74 Å².